The number of rotatable bonds is 8. The Morgan fingerprint density at radius 3 is 2.34 bits per heavy atom. The highest BCUT2D eigenvalue weighted by atomic mass is 32.2. The van der Waals surface area contributed by atoms with E-state index in [1.54, 1.807) is 0 Å². The Labute approximate surface area is 194 Å². The Morgan fingerprint density at radius 1 is 1.00 bits per heavy atom. The molecule has 1 aliphatic rings. The van der Waals surface area contributed by atoms with Crippen LogP contribution < -0.4 is 4.74 Å². The van der Waals surface area contributed by atoms with Gasteiger partial charge in [-0.15, -0.1) is 10.2 Å². The summed E-state index contributed by atoms with van der Waals surface area (Å²) < 4.78 is 7.98. The fourth-order valence-corrected chi connectivity index (χ4v) is 5.06. The molecule has 2 unspecified atom stereocenters. The van der Waals surface area contributed by atoms with Crippen molar-refractivity contribution in [1.29, 1.82) is 0 Å². The largest absolute Gasteiger partial charge is 0.486 e. The van der Waals surface area contributed by atoms with Gasteiger partial charge in [-0.05, 0) is 50.8 Å². The second-order valence-corrected chi connectivity index (χ2v) is 9.23. The van der Waals surface area contributed by atoms with Crippen molar-refractivity contribution in [3.8, 4) is 5.75 Å². The molecule has 4 rings (SSSR count). The maximum Gasteiger partial charge on any atom is 0.233 e. The quantitative estimate of drug-likeness (QED) is 0.462. The standard InChI is InChI=1S/C25H30N4O2S/c1-19-10-9-11-20(2)29(19)24(30)18-32-25-27-26-23(17-31-22-14-7-4-8-15-22)28(25)16-21-12-5-3-6-13-21/h3-8,12-15,19-20H,9-11,16-18H2,1-2H3. The maximum atomic E-state index is 13.0. The van der Waals surface area contributed by atoms with Gasteiger partial charge in [0.2, 0.25) is 5.91 Å². The minimum atomic E-state index is 0.172. The Kier molecular flexibility index (Phi) is 7.47. The molecule has 168 valence electrons. The topological polar surface area (TPSA) is 60.3 Å². The minimum absolute atomic E-state index is 0.172. The maximum absolute atomic E-state index is 13.0. The van der Waals surface area contributed by atoms with E-state index in [9.17, 15) is 4.79 Å². The summed E-state index contributed by atoms with van der Waals surface area (Å²) in [4.78, 5) is 15.1. The summed E-state index contributed by atoms with van der Waals surface area (Å²) in [6, 6.07) is 20.5. The van der Waals surface area contributed by atoms with Crippen molar-refractivity contribution < 1.29 is 9.53 Å². The van der Waals surface area contributed by atoms with Gasteiger partial charge in [-0.2, -0.15) is 0 Å². The van der Waals surface area contributed by atoms with Crippen LogP contribution in [0, 0.1) is 0 Å². The first-order chi connectivity index (χ1) is 15.6. The Balaban J connectivity index is 1.49. The predicted molar refractivity (Wildman–Crippen MR) is 127 cm³/mol. The van der Waals surface area contributed by atoms with Crippen molar-refractivity contribution in [2.75, 3.05) is 5.75 Å². The number of carbonyl (C=O) groups is 1. The second-order valence-electron chi connectivity index (χ2n) is 8.29. The molecule has 1 fully saturated rings. The molecule has 0 radical (unpaired) electrons. The average molecular weight is 451 g/mol. The zero-order valence-corrected chi connectivity index (χ0v) is 19.5. The molecular formula is C25H30N4O2S. The van der Waals surface area contributed by atoms with Crippen LogP contribution in [0.5, 0.6) is 5.75 Å². The van der Waals surface area contributed by atoms with E-state index in [-0.39, 0.29) is 5.91 Å². The van der Waals surface area contributed by atoms with Gasteiger partial charge in [0.1, 0.15) is 12.4 Å². The van der Waals surface area contributed by atoms with Crippen LogP contribution in [-0.4, -0.2) is 43.4 Å². The molecule has 7 heteroatoms. The van der Waals surface area contributed by atoms with Gasteiger partial charge in [0.25, 0.3) is 0 Å². The van der Waals surface area contributed by atoms with Gasteiger partial charge in [-0.1, -0.05) is 60.3 Å². The molecule has 2 atom stereocenters. The summed E-state index contributed by atoms with van der Waals surface area (Å²) in [6.45, 7) is 5.25. The van der Waals surface area contributed by atoms with E-state index in [1.807, 2.05) is 53.4 Å². The summed E-state index contributed by atoms with van der Waals surface area (Å²) in [7, 11) is 0. The molecule has 6 nitrogen and oxygen atoms in total. The van der Waals surface area contributed by atoms with Crippen molar-refractivity contribution in [1.82, 2.24) is 19.7 Å². The lowest BCUT2D eigenvalue weighted by molar-refractivity contribution is -0.134. The number of nitrogens with zero attached hydrogens (tertiary/aromatic N) is 4. The van der Waals surface area contributed by atoms with Gasteiger partial charge >= 0.3 is 0 Å². The summed E-state index contributed by atoms with van der Waals surface area (Å²) >= 11 is 1.46. The van der Waals surface area contributed by atoms with Gasteiger partial charge in [0.15, 0.2) is 11.0 Å². The third kappa shape index (κ3) is 5.51. The van der Waals surface area contributed by atoms with E-state index in [0.29, 0.717) is 31.0 Å². The summed E-state index contributed by atoms with van der Waals surface area (Å²) in [5.41, 5.74) is 1.15. The number of piperidine rings is 1. The van der Waals surface area contributed by atoms with Crippen LogP contribution in [0.1, 0.15) is 44.5 Å². The van der Waals surface area contributed by atoms with Crippen LogP contribution in [-0.2, 0) is 17.9 Å². The minimum Gasteiger partial charge on any atom is -0.486 e. The molecule has 0 spiro atoms. The molecule has 1 aliphatic heterocycles. The Morgan fingerprint density at radius 2 is 1.66 bits per heavy atom. The van der Waals surface area contributed by atoms with Crippen molar-refractivity contribution in [2.45, 2.75) is 63.5 Å². The van der Waals surface area contributed by atoms with E-state index in [1.165, 1.54) is 18.2 Å². The van der Waals surface area contributed by atoms with Crippen LogP contribution in [0.2, 0.25) is 0 Å². The number of likely N-dealkylation sites (tertiary alicyclic amines) is 1. The van der Waals surface area contributed by atoms with Crippen LogP contribution in [0.25, 0.3) is 0 Å². The first-order valence-corrected chi connectivity index (χ1v) is 12.2. The molecule has 0 N–H and O–H groups in total. The van der Waals surface area contributed by atoms with Gasteiger partial charge in [0, 0.05) is 12.1 Å². The number of aromatic nitrogens is 3. The Bertz CT molecular complexity index is 999. The zero-order valence-electron chi connectivity index (χ0n) is 18.7. The fraction of sp³-hybridized carbons (Fsp3) is 0.400. The lowest BCUT2D eigenvalue weighted by atomic mass is 9.98. The normalized spacial score (nSPS) is 18.5. The smallest absolute Gasteiger partial charge is 0.233 e. The highest BCUT2D eigenvalue weighted by Crippen LogP contribution is 2.26. The van der Waals surface area contributed by atoms with Crippen LogP contribution in [0.4, 0.5) is 0 Å². The van der Waals surface area contributed by atoms with E-state index in [4.69, 9.17) is 4.74 Å². The van der Waals surface area contributed by atoms with Crippen molar-refractivity contribution in [3.05, 3.63) is 72.1 Å². The zero-order chi connectivity index (χ0) is 22.3. The lowest BCUT2D eigenvalue weighted by Gasteiger charge is -2.39. The summed E-state index contributed by atoms with van der Waals surface area (Å²) in [6.07, 6.45) is 3.34. The van der Waals surface area contributed by atoms with Crippen molar-refractivity contribution in [2.24, 2.45) is 0 Å². The molecule has 1 saturated heterocycles. The summed E-state index contributed by atoms with van der Waals surface area (Å²) in [5, 5.41) is 9.54. The third-order valence-electron chi connectivity index (χ3n) is 5.89. The van der Waals surface area contributed by atoms with Crippen molar-refractivity contribution >= 4 is 17.7 Å². The number of thioether (sulfide) groups is 1. The molecular weight excluding hydrogens is 420 g/mol. The van der Waals surface area contributed by atoms with E-state index >= 15 is 0 Å². The first kappa shape index (κ1) is 22.4. The molecule has 0 aliphatic carbocycles. The molecule has 0 saturated carbocycles. The van der Waals surface area contributed by atoms with E-state index in [2.05, 4.69) is 40.7 Å². The Hall–Kier alpha value is -2.80. The molecule has 1 amide bonds. The third-order valence-corrected chi connectivity index (χ3v) is 6.85. The molecule has 32 heavy (non-hydrogen) atoms. The van der Waals surface area contributed by atoms with Gasteiger partial charge in [0.05, 0.1) is 12.3 Å². The highest BCUT2D eigenvalue weighted by Gasteiger charge is 2.29. The number of hydrogen-bond donors (Lipinski definition) is 0. The van der Waals surface area contributed by atoms with Crippen LogP contribution in [0.15, 0.2) is 65.8 Å². The monoisotopic (exact) mass is 450 g/mol. The molecule has 2 heterocycles. The average Bonchev–Trinajstić information content (AvgIpc) is 3.19. The van der Waals surface area contributed by atoms with Crippen LogP contribution in [0.3, 0.4) is 0 Å². The molecule has 3 aromatic rings. The highest BCUT2D eigenvalue weighted by molar-refractivity contribution is 7.99. The molecule has 0 bridgehead atoms. The number of amides is 1. The number of carbonyl (C=O) groups excluding carboxylic acids is 1. The van der Waals surface area contributed by atoms with Crippen molar-refractivity contribution in [3.63, 3.8) is 0 Å². The van der Waals surface area contributed by atoms with Gasteiger partial charge in [-0.3, -0.25) is 9.36 Å². The first-order valence-electron chi connectivity index (χ1n) is 11.2. The predicted octanol–water partition coefficient (Wildman–Crippen LogP) is 4.79. The fourth-order valence-electron chi connectivity index (χ4n) is 4.24. The number of para-hydroxylation sites is 1. The van der Waals surface area contributed by atoms with Gasteiger partial charge < -0.3 is 9.64 Å². The van der Waals surface area contributed by atoms with E-state index < -0.39 is 0 Å². The summed E-state index contributed by atoms with van der Waals surface area (Å²) in [5.74, 6) is 2.07. The number of benzene rings is 2. The molecule has 1 aromatic heterocycles. The second kappa shape index (κ2) is 10.7. The lowest BCUT2D eigenvalue weighted by Crippen LogP contribution is -2.48. The van der Waals surface area contributed by atoms with E-state index in [0.717, 1.165) is 35.1 Å². The number of hydrogen-bond acceptors (Lipinski definition) is 5. The SMILES string of the molecule is CC1CCCC(C)N1C(=O)CSc1nnc(COc2ccccc2)n1Cc1ccccc1. The van der Waals surface area contributed by atoms with Crippen LogP contribution >= 0.6 is 11.8 Å². The number of ether oxygens (including phenoxy) is 1. The van der Waals surface area contributed by atoms with Gasteiger partial charge in [-0.25, -0.2) is 0 Å². The molecule has 2 aromatic carbocycles.